The Morgan fingerprint density at radius 2 is 1.04 bits per heavy atom. The van der Waals surface area contributed by atoms with Crippen molar-refractivity contribution in [2.24, 2.45) is 0 Å². The molecule has 0 fully saturated rings. The molecule has 0 unspecified atom stereocenters. The lowest BCUT2D eigenvalue weighted by Gasteiger charge is -2.34. The van der Waals surface area contributed by atoms with Gasteiger partial charge in [-0.05, 0) is 90.7 Å². The predicted octanol–water partition coefficient (Wildman–Crippen LogP) is 7.26. The molecule has 0 saturated carbocycles. The standard InChI is InChI=1S/C25H16I2/c26-23-15-14-18(16-24(23)27)25(17-8-2-1-3-9-17)21-12-6-4-10-19(21)20-11-5-7-13-22(20)25/h1-16H. The summed E-state index contributed by atoms with van der Waals surface area (Å²) in [5.41, 5.74) is 7.79. The van der Waals surface area contributed by atoms with Crippen molar-refractivity contribution in [3.05, 3.63) is 126 Å². The normalized spacial score (nSPS) is 13.9. The van der Waals surface area contributed by atoms with Crippen LogP contribution >= 0.6 is 45.2 Å². The summed E-state index contributed by atoms with van der Waals surface area (Å²) in [7, 11) is 0. The minimum atomic E-state index is -0.279. The smallest absolute Gasteiger partial charge is 0.0622 e. The van der Waals surface area contributed by atoms with Gasteiger partial charge in [0.1, 0.15) is 0 Å². The third-order valence-corrected chi connectivity index (χ3v) is 8.38. The third kappa shape index (κ3) is 2.53. The van der Waals surface area contributed by atoms with Gasteiger partial charge in [-0.1, -0.05) is 84.9 Å². The minimum Gasteiger partial charge on any atom is -0.0622 e. The average molecular weight is 570 g/mol. The van der Waals surface area contributed by atoms with Crippen molar-refractivity contribution in [2.45, 2.75) is 5.41 Å². The van der Waals surface area contributed by atoms with Crippen molar-refractivity contribution >= 4 is 45.2 Å². The van der Waals surface area contributed by atoms with E-state index in [1.165, 1.54) is 40.5 Å². The second-order valence-corrected chi connectivity index (χ2v) is 9.16. The van der Waals surface area contributed by atoms with Crippen molar-refractivity contribution in [1.29, 1.82) is 0 Å². The molecule has 0 nitrogen and oxygen atoms in total. The Morgan fingerprint density at radius 1 is 0.481 bits per heavy atom. The molecular weight excluding hydrogens is 554 g/mol. The Labute approximate surface area is 186 Å². The number of hydrogen-bond donors (Lipinski definition) is 0. The zero-order valence-corrected chi connectivity index (χ0v) is 18.8. The van der Waals surface area contributed by atoms with Gasteiger partial charge in [-0.3, -0.25) is 0 Å². The van der Waals surface area contributed by atoms with Crippen molar-refractivity contribution in [3.8, 4) is 11.1 Å². The molecule has 0 heterocycles. The highest BCUT2D eigenvalue weighted by molar-refractivity contribution is 14.1. The van der Waals surface area contributed by atoms with E-state index in [0.29, 0.717) is 0 Å². The van der Waals surface area contributed by atoms with Gasteiger partial charge in [-0.15, -0.1) is 0 Å². The summed E-state index contributed by atoms with van der Waals surface area (Å²) < 4.78 is 2.59. The highest BCUT2D eigenvalue weighted by atomic mass is 127. The van der Waals surface area contributed by atoms with E-state index in [1.54, 1.807) is 0 Å². The van der Waals surface area contributed by atoms with Gasteiger partial charge in [0.15, 0.2) is 0 Å². The van der Waals surface area contributed by atoms with Crippen LogP contribution in [0.4, 0.5) is 0 Å². The summed E-state index contributed by atoms with van der Waals surface area (Å²) in [6, 6.07) is 35.6. The van der Waals surface area contributed by atoms with Crippen LogP contribution in [0.1, 0.15) is 22.3 Å². The van der Waals surface area contributed by atoms with Crippen LogP contribution < -0.4 is 0 Å². The molecule has 0 aliphatic heterocycles. The lowest BCUT2D eigenvalue weighted by atomic mass is 9.68. The summed E-state index contributed by atoms with van der Waals surface area (Å²) in [5, 5.41) is 0. The van der Waals surface area contributed by atoms with E-state index < -0.39 is 0 Å². The van der Waals surface area contributed by atoms with Crippen LogP contribution in [-0.2, 0) is 5.41 Å². The molecule has 1 aliphatic rings. The first-order valence-electron chi connectivity index (χ1n) is 8.93. The summed E-state index contributed by atoms with van der Waals surface area (Å²) in [6.07, 6.45) is 0. The van der Waals surface area contributed by atoms with E-state index in [0.717, 1.165) is 0 Å². The number of benzene rings is 4. The lowest BCUT2D eigenvalue weighted by Crippen LogP contribution is -2.28. The van der Waals surface area contributed by atoms with Crippen LogP contribution in [0.2, 0.25) is 0 Å². The molecular formula is C25H16I2. The van der Waals surface area contributed by atoms with E-state index in [4.69, 9.17) is 0 Å². The first kappa shape index (κ1) is 17.4. The Balaban J connectivity index is 1.97. The molecule has 0 saturated heterocycles. The van der Waals surface area contributed by atoms with Crippen molar-refractivity contribution < 1.29 is 0 Å². The maximum absolute atomic E-state index is 2.45. The first-order valence-corrected chi connectivity index (χ1v) is 11.1. The minimum absolute atomic E-state index is 0.279. The monoisotopic (exact) mass is 570 g/mol. The predicted molar refractivity (Wildman–Crippen MR) is 129 cm³/mol. The topological polar surface area (TPSA) is 0 Å². The number of halogens is 2. The second-order valence-electron chi connectivity index (χ2n) is 6.84. The molecule has 1 aliphatic carbocycles. The van der Waals surface area contributed by atoms with Gasteiger partial charge >= 0.3 is 0 Å². The fraction of sp³-hybridized carbons (Fsp3) is 0.0400. The van der Waals surface area contributed by atoms with E-state index >= 15 is 0 Å². The lowest BCUT2D eigenvalue weighted by molar-refractivity contribution is 0.767. The van der Waals surface area contributed by atoms with Crippen LogP contribution in [-0.4, -0.2) is 0 Å². The molecule has 0 bridgehead atoms. The quantitative estimate of drug-likeness (QED) is 0.196. The number of hydrogen-bond acceptors (Lipinski definition) is 0. The number of rotatable bonds is 2. The van der Waals surface area contributed by atoms with Crippen molar-refractivity contribution in [1.82, 2.24) is 0 Å². The van der Waals surface area contributed by atoms with Crippen LogP contribution in [0.5, 0.6) is 0 Å². The molecule has 0 amide bonds. The molecule has 27 heavy (non-hydrogen) atoms. The Morgan fingerprint density at radius 3 is 1.63 bits per heavy atom. The van der Waals surface area contributed by atoms with E-state index in [1.807, 2.05) is 0 Å². The van der Waals surface area contributed by atoms with E-state index in [9.17, 15) is 0 Å². The van der Waals surface area contributed by atoms with Crippen molar-refractivity contribution in [2.75, 3.05) is 0 Å². The van der Waals surface area contributed by atoms with Crippen molar-refractivity contribution in [3.63, 3.8) is 0 Å². The molecule has 0 N–H and O–H groups in total. The zero-order valence-electron chi connectivity index (χ0n) is 14.5. The average Bonchev–Trinajstić information content (AvgIpc) is 3.02. The van der Waals surface area contributed by atoms with Gasteiger partial charge in [0, 0.05) is 7.14 Å². The molecule has 0 atom stereocenters. The molecule has 0 spiro atoms. The molecule has 4 aromatic rings. The van der Waals surface area contributed by atoms with Crippen LogP contribution in [0.25, 0.3) is 11.1 Å². The zero-order chi connectivity index (χ0) is 18.4. The van der Waals surface area contributed by atoms with E-state index in [-0.39, 0.29) is 5.41 Å². The van der Waals surface area contributed by atoms with Crippen LogP contribution in [0, 0.1) is 7.14 Å². The Bertz CT molecular complexity index is 1100. The van der Waals surface area contributed by atoms with Gasteiger partial charge in [-0.2, -0.15) is 0 Å². The van der Waals surface area contributed by atoms with Gasteiger partial charge in [-0.25, -0.2) is 0 Å². The third-order valence-electron chi connectivity index (χ3n) is 5.51. The molecule has 0 radical (unpaired) electrons. The Hall–Kier alpha value is -1.66. The molecule has 2 heteroatoms. The maximum Gasteiger partial charge on any atom is 0.0713 e. The van der Waals surface area contributed by atoms with Gasteiger partial charge < -0.3 is 0 Å². The SMILES string of the molecule is Ic1ccc(C2(c3ccccc3)c3ccccc3-c3ccccc32)cc1I. The Kier molecular flexibility index (Phi) is 4.36. The molecule has 130 valence electrons. The summed E-state index contributed by atoms with van der Waals surface area (Å²) in [6.45, 7) is 0. The number of fused-ring (bicyclic) bond motifs is 3. The highest BCUT2D eigenvalue weighted by Gasteiger charge is 2.45. The summed E-state index contributed by atoms with van der Waals surface area (Å²) in [4.78, 5) is 0. The van der Waals surface area contributed by atoms with Gasteiger partial charge in [0.05, 0.1) is 5.41 Å². The largest absolute Gasteiger partial charge is 0.0713 e. The van der Waals surface area contributed by atoms with Crippen LogP contribution in [0.3, 0.4) is 0 Å². The maximum atomic E-state index is 2.45. The fourth-order valence-corrected chi connectivity index (χ4v) is 5.29. The fourth-order valence-electron chi connectivity index (χ4n) is 4.44. The summed E-state index contributed by atoms with van der Waals surface area (Å²) >= 11 is 4.87. The first-order chi connectivity index (χ1) is 13.2. The van der Waals surface area contributed by atoms with Gasteiger partial charge in [0.25, 0.3) is 0 Å². The molecule has 5 rings (SSSR count). The van der Waals surface area contributed by atoms with Crippen LogP contribution in [0.15, 0.2) is 97.1 Å². The molecule has 4 aromatic carbocycles. The summed E-state index contributed by atoms with van der Waals surface area (Å²) in [5.74, 6) is 0. The van der Waals surface area contributed by atoms with E-state index in [2.05, 4.69) is 142 Å². The second kappa shape index (κ2) is 6.74. The highest BCUT2D eigenvalue weighted by Crippen LogP contribution is 2.56. The molecule has 0 aromatic heterocycles. The van der Waals surface area contributed by atoms with Gasteiger partial charge in [0.2, 0.25) is 0 Å².